The first-order valence-electron chi connectivity index (χ1n) is 10.5. The van der Waals surface area contributed by atoms with E-state index in [1.54, 1.807) is 24.3 Å². The van der Waals surface area contributed by atoms with Gasteiger partial charge in [0.25, 0.3) is 0 Å². The van der Waals surface area contributed by atoms with Crippen LogP contribution in [0.1, 0.15) is 50.3 Å². The van der Waals surface area contributed by atoms with Crippen LogP contribution >= 0.6 is 0 Å². The van der Waals surface area contributed by atoms with Gasteiger partial charge in [0.05, 0.1) is 10.9 Å². The molecule has 0 bridgehead atoms. The third kappa shape index (κ3) is 5.28. The minimum atomic E-state index is -3.45. The maximum absolute atomic E-state index is 12.6. The van der Waals surface area contributed by atoms with E-state index in [-0.39, 0.29) is 16.8 Å². The lowest BCUT2D eigenvalue weighted by Gasteiger charge is -2.22. The highest BCUT2D eigenvalue weighted by atomic mass is 32.2. The Bertz CT molecular complexity index is 950. The van der Waals surface area contributed by atoms with Gasteiger partial charge in [-0.15, -0.1) is 0 Å². The molecule has 7 heteroatoms. The first-order chi connectivity index (χ1) is 14.3. The molecule has 0 aromatic heterocycles. The van der Waals surface area contributed by atoms with E-state index in [2.05, 4.69) is 48.7 Å². The second kappa shape index (κ2) is 9.73. The number of carbonyl (C=O) groups is 1. The Morgan fingerprint density at radius 1 is 1.03 bits per heavy atom. The van der Waals surface area contributed by atoms with Gasteiger partial charge in [-0.1, -0.05) is 36.8 Å². The number of rotatable bonds is 8. The number of benzene rings is 2. The molecule has 30 heavy (non-hydrogen) atoms. The summed E-state index contributed by atoms with van der Waals surface area (Å²) in [6, 6.07) is 14.4. The van der Waals surface area contributed by atoms with Gasteiger partial charge >= 0.3 is 0 Å². The molecular weight excluding hydrogens is 398 g/mol. The van der Waals surface area contributed by atoms with E-state index >= 15 is 0 Å². The lowest BCUT2D eigenvalue weighted by molar-refractivity contribution is -0.118. The largest absolute Gasteiger partial charge is 0.325 e. The van der Waals surface area contributed by atoms with Crippen LogP contribution in [0.15, 0.2) is 53.4 Å². The number of anilines is 1. The van der Waals surface area contributed by atoms with E-state index in [0.29, 0.717) is 18.8 Å². The van der Waals surface area contributed by atoms with Gasteiger partial charge in [0, 0.05) is 24.8 Å². The SMILES string of the molecule is CCC(NC(C)C(=O)Nc1ccc(S(=O)(=O)N2CCCC2)cc1)c1ccc(C)cc1. The monoisotopic (exact) mass is 429 g/mol. The van der Waals surface area contributed by atoms with E-state index in [4.69, 9.17) is 0 Å². The molecule has 1 amide bonds. The predicted molar refractivity (Wildman–Crippen MR) is 120 cm³/mol. The summed E-state index contributed by atoms with van der Waals surface area (Å²) in [7, 11) is -3.45. The zero-order chi connectivity index (χ0) is 21.7. The average molecular weight is 430 g/mol. The highest BCUT2D eigenvalue weighted by Gasteiger charge is 2.27. The Morgan fingerprint density at radius 3 is 2.20 bits per heavy atom. The Labute approximate surface area is 179 Å². The zero-order valence-electron chi connectivity index (χ0n) is 17.9. The summed E-state index contributed by atoms with van der Waals surface area (Å²) < 4.78 is 26.7. The van der Waals surface area contributed by atoms with Crippen molar-refractivity contribution in [2.24, 2.45) is 0 Å². The van der Waals surface area contributed by atoms with Crippen LogP contribution in [0.5, 0.6) is 0 Å². The van der Waals surface area contributed by atoms with Crippen LogP contribution in [0.25, 0.3) is 0 Å². The molecule has 1 aliphatic rings. The van der Waals surface area contributed by atoms with Crippen molar-refractivity contribution < 1.29 is 13.2 Å². The molecule has 0 aliphatic carbocycles. The van der Waals surface area contributed by atoms with Gasteiger partial charge < -0.3 is 5.32 Å². The van der Waals surface area contributed by atoms with Crippen LogP contribution in [0.4, 0.5) is 5.69 Å². The molecule has 1 heterocycles. The van der Waals surface area contributed by atoms with Crippen LogP contribution in [-0.2, 0) is 14.8 Å². The minimum Gasteiger partial charge on any atom is -0.325 e. The van der Waals surface area contributed by atoms with Gasteiger partial charge in [-0.2, -0.15) is 4.31 Å². The molecule has 2 aromatic carbocycles. The van der Waals surface area contributed by atoms with E-state index in [1.807, 2.05) is 6.92 Å². The molecule has 2 aromatic rings. The molecule has 1 saturated heterocycles. The molecule has 6 nitrogen and oxygen atoms in total. The zero-order valence-corrected chi connectivity index (χ0v) is 18.7. The fourth-order valence-electron chi connectivity index (χ4n) is 3.66. The number of carbonyl (C=O) groups excluding carboxylic acids is 1. The highest BCUT2D eigenvalue weighted by molar-refractivity contribution is 7.89. The highest BCUT2D eigenvalue weighted by Crippen LogP contribution is 2.22. The van der Waals surface area contributed by atoms with Gasteiger partial charge in [-0.05, 0) is 62.9 Å². The van der Waals surface area contributed by atoms with E-state index in [1.165, 1.54) is 9.87 Å². The van der Waals surface area contributed by atoms with E-state index < -0.39 is 16.1 Å². The molecule has 1 fully saturated rings. The summed E-state index contributed by atoms with van der Waals surface area (Å²) in [4.78, 5) is 12.9. The molecule has 162 valence electrons. The van der Waals surface area contributed by atoms with Crippen molar-refractivity contribution in [3.63, 3.8) is 0 Å². The van der Waals surface area contributed by atoms with Gasteiger partial charge in [-0.25, -0.2) is 8.42 Å². The Morgan fingerprint density at radius 2 is 1.63 bits per heavy atom. The number of amides is 1. The Kier molecular flexibility index (Phi) is 7.28. The number of sulfonamides is 1. The van der Waals surface area contributed by atoms with Crippen LogP contribution in [-0.4, -0.2) is 37.8 Å². The molecule has 0 radical (unpaired) electrons. The predicted octanol–water partition coefficient (Wildman–Crippen LogP) is 3.85. The minimum absolute atomic E-state index is 0.0827. The normalized spacial score (nSPS) is 16.9. The second-order valence-electron chi connectivity index (χ2n) is 7.88. The third-order valence-corrected chi connectivity index (χ3v) is 7.47. The summed E-state index contributed by atoms with van der Waals surface area (Å²) in [6.07, 6.45) is 2.67. The first-order valence-corrected chi connectivity index (χ1v) is 12.0. The van der Waals surface area contributed by atoms with Gasteiger partial charge in [0.15, 0.2) is 0 Å². The summed E-state index contributed by atoms with van der Waals surface area (Å²) in [5.74, 6) is -0.157. The van der Waals surface area contributed by atoms with Crippen molar-refractivity contribution in [2.75, 3.05) is 18.4 Å². The number of nitrogens with one attached hydrogen (secondary N) is 2. The van der Waals surface area contributed by atoms with Gasteiger partial charge in [0.1, 0.15) is 0 Å². The lowest BCUT2D eigenvalue weighted by atomic mass is 10.0. The smallest absolute Gasteiger partial charge is 0.243 e. The molecular formula is C23H31N3O3S. The molecule has 2 atom stereocenters. The summed E-state index contributed by atoms with van der Waals surface area (Å²) >= 11 is 0. The standard InChI is InChI=1S/C23H31N3O3S/c1-4-22(19-9-7-17(2)8-10-19)24-18(3)23(27)25-20-11-13-21(14-12-20)30(28,29)26-15-5-6-16-26/h7-14,18,22,24H,4-6,15-16H2,1-3H3,(H,25,27). The summed E-state index contributed by atoms with van der Waals surface area (Å²) in [5, 5.41) is 6.25. The number of nitrogens with zero attached hydrogens (tertiary/aromatic N) is 1. The van der Waals surface area contributed by atoms with Crippen LogP contribution in [0.3, 0.4) is 0 Å². The first kappa shape index (κ1) is 22.5. The molecule has 2 N–H and O–H groups in total. The van der Waals surface area contributed by atoms with E-state index in [0.717, 1.165) is 24.8 Å². The molecule has 0 spiro atoms. The van der Waals surface area contributed by atoms with Gasteiger partial charge in [-0.3, -0.25) is 10.1 Å². The van der Waals surface area contributed by atoms with Crippen LogP contribution in [0.2, 0.25) is 0 Å². The van der Waals surface area contributed by atoms with Crippen LogP contribution < -0.4 is 10.6 Å². The van der Waals surface area contributed by atoms with Crippen molar-refractivity contribution >= 4 is 21.6 Å². The van der Waals surface area contributed by atoms with Crippen LogP contribution in [0, 0.1) is 6.92 Å². The van der Waals surface area contributed by atoms with Crippen molar-refractivity contribution in [1.29, 1.82) is 0 Å². The number of hydrogen-bond donors (Lipinski definition) is 2. The molecule has 0 saturated carbocycles. The van der Waals surface area contributed by atoms with Crippen molar-refractivity contribution in [3.8, 4) is 0 Å². The second-order valence-corrected chi connectivity index (χ2v) is 9.82. The number of hydrogen-bond acceptors (Lipinski definition) is 4. The summed E-state index contributed by atoms with van der Waals surface area (Å²) in [6.45, 7) is 7.11. The average Bonchev–Trinajstić information content (AvgIpc) is 3.29. The van der Waals surface area contributed by atoms with E-state index in [9.17, 15) is 13.2 Å². The number of aryl methyl sites for hydroxylation is 1. The fourth-order valence-corrected chi connectivity index (χ4v) is 5.18. The van der Waals surface area contributed by atoms with Gasteiger partial charge in [0.2, 0.25) is 15.9 Å². The third-order valence-electron chi connectivity index (χ3n) is 5.56. The quantitative estimate of drug-likeness (QED) is 0.668. The Hall–Kier alpha value is -2.22. The topological polar surface area (TPSA) is 78.5 Å². The maximum atomic E-state index is 12.6. The maximum Gasteiger partial charge on any atom is 0.243 e. The summed E-state index contributed by atoms with van der Waals surface area (Å²) in [5.41, 5.74) is 2.94. The fraction of sp³-hybridized carbons (Fsp3) is 0.435. The van der Waals surface area contributed by atoms with Crippen molar-refractivity contribution in [3.05, 3.63) is 59.7 Å². The molecule has 2 unspecified atom stereocenters. The Balaban J connectivity index is 1.61. The van der Waals surface area contributed by atoms with Crippen molar-refractivity contribution in [2.45, 2.75) is 57.0 Å². The molecule has 3 rings (SSSR count). The lowest BCUT2D eigenvalue weighted by Crippen LogP contribution is -2.40. The van der Waals surface area contributed by atoms with Crippen molar-refractivity contribution in [1.82, 2.24) is 9.62 Å². The molecule has 1 aliphatic heterocycles.